The second-order valence-electron chi connectivity index (χ2n) is 4.54. The van der Waals surface area contributed by atoms with Crippen molar-refractivity contribution in [3.05, 3.63) is 58.6 Å². The number of hydrogen-bond donors (Lipinski definition) is 0. The van der Waals surface area contributed by atoms with E-state index in [1.54, 1.807) is 31.4 Å². The summed E-state index contributed by atoms with van der Waals surface area (Å²) >= 11 is 3.43. The molecule has 3 nitrogen and oxygen atoms in total. The van der Waals surface area contributed by atoms with Gasteiger partial charge in [-0.25, -0.2) is 0 Å². The summed E-state index contributed by atoms with van der Waals surface area (Å²) in [4.78, 5) is 12.4. The average molecular weight is 349 g/mol. The molecule has 0 aliphatic heterocycles. The Bertz CT molecular complexity index is 611. The van der Waals surface area contributed by atoms with Gasteiger partial charge >= 0.3 is 0 Å². The van der Waals surface area contributed by atoms with E-state index >= 15 is 0 Å². The van der Waals surface area contributed by atoms with Gasteiger partial charge in [-0.15, -0.1) is 0 Å². The molecule has 2 aromatic carbocycles. The molecule has 0 amide bonds. The molecule has 21 heavy (non-hydrogen) atoms. The standard InChI is InChI=1S/C17H17BrO3/c1-3-15(17(19)12-7-5-4-6-8-12)21-16-10-9-13(20-2)11-14(16)18/h4-11,15H,3H2,1-2H3. The van der Waals surface area contributed by atoms with E-state index in [0.29, 0.717) is 17.7 Å². The average Bonchev–Trinajstić information content (AvgIpc) is 2.54. The molecule has 0 bridgehead atoms. The second-order valence-corrected chi connectivity index (χ2v) is 5.40. The van der Waals surface area contributed by atoms with Crippen LogP contribution in [0, 0.1) is 0 Å². The number of carbonyl (C=O) groups excluding carboxylic acids is 1. The molecule has 0 saturated heterocycles. The minimum Gasteiger partial charge on any atom is -0.497 e. The molecule has 0 aromatic heterocycles. The number of hydrogen-bond acceptors (Lipinski definition) is 3. The molecule has 0 radical (unpaired) electrons. The minimum absolute atomic E-state index is 0.0131. The molecule has 0 fully saturated rings. The molecule has 0 aliphatic rings. The first-order valence-corrected chi connectivity index (χ1v) is 7.54. The summed E-state index contributed by atoms with van der Waals surface area (Å²) in [6, 6.07) is 14.6. The number of benzene rings is 2. The largest absolute Gasteiger partial charge is 0.497 e. The van der Waals surface area contributed by atoms with Crippen molar-refractivity contribution in [2.45, 2.75) is 19.4 Å². The maximum atomic E-state index is 12.4. The van der Waals surface area contributed by atoms with Gasteiger partial charge in [-0.05, 0) is 40.5 Å². The lowest BCUT2D eigenvalue weighted by molar-refractivity contribution is 0.0785. The molecule has 2 rings (SSSR count). The van der Waals surface area contributed by atoms with E-state index in [4.69, 9.17) is 9.47 Å². The third-order valence-electron chi connectivity index (χ3n) is 3.13. The summed E-state index contributed by atoms with van der Waals surface area (Å²) in [5, 5.41) is 0. The van der Waals surface area contributed by atoms with Gasteiger partial charge in [0.1, 0.15) is 11.5 Å². The van der Waals surface area contributed by atoms with Gasteiger partial charge in [-0.1, -0.05) is 37.3 Å². The van der Waals surface area contributed by atoms with Gasteiger partial charge < -0.3 is 9.47 Å². The maximum Gasteiger partial charge on any atom is 0.203 e. The summed E-state index contributed by atoms with van der Waals surface area (Å²) < 4.78 is 11.8. The van der Waals surface area contributed by atoms with Crippen LogP contribution in [0.15, 0.2) is 53.0 Å². The third-order valence-corrected chi connectivity index (χ3v) is 3.75. The zero-order valence-electron chi connectivity index (χ0n) is 12.0. The fourth-order valence-corrected chi connectivity index (χ4v) is 2.42. The van der Waals surface area contributed by atoms with E-state index in [-0.39, 0.29) is 5.78 Å². The Labute approximate surface area is 133 Å². The zero-order valence-corrected chi connectivity index (χ0v) is 13.6. The number of ketones is 1. The van der Waals surface area contributed by atoms with Gasteiger partial charge in [0.2, 0.25) is 5.78 Å². The molecule has 2 aromatic rings. The first-order valence-electron chi connectivity index (χ1n) is 6.75. The van der Waals surface area contributed by atoms with Crippen molar-refractivity contribution in [2.75, 3.05) is 7.11 Å². The summed E-state index contributed by atoms with van der Waals surface area (Å²) in [5.41, 5.74) is 0.661. The Morgan fingerprint density at radius 1 is 1.19 bits per heavy atom. The molecule has 0 N–H and O–H groups in total. The van der Waals surface area contributed by atoms with Gasteiger partial charge in [0.15, 0.2) is 6.10 Å². The first kappa shape index (κ1) is 15.6. The van der Waals surface area contributed by atoms with Crippen LogP contribution in [0.3, 0.4) is 0 Å². The SMILES string of the molecule is CCC(Oc1ccc(OC)cc1Br)C(=O)c1ccccc1. The second kappa shape index (κ2) is 7.27. The van der Waals surface area contributed by atoms with E-state index in [2.05, 4.69) is 15.9 Å². The highest BCUT2D eigenvalue weighted by Gasteiger charge is 2.20. The van der Waals surface area contributed by atoms with Gasteiger partial charge in [0.05, 0.1) is 11.6 Å². The van der Waals surface area contributed by atoms with Gasteiger partial charge in [0.25, 0.3) is 0 Å². The lowest BCUT2D eigenvalue weighted by atomic mass is 10.0. The van der Waals surface area contributed by atoms with Crippen molar-refractivity contribution in [3.63, 3.8) is 0 Å². The van der Waals surface area contributed by atoms with Crippen molar-refractivity contribution >= 4 is 21.7 Å². The van der Waals surface area contributed by atoms with Crippen LogP contribution in [0.2, 0.25) is 0 Å². The maximum absolute atomic E-state index is 12.4. The van der Waals surface area contributed by atoms with Gasteiger partial charge in [0, 0.05) is 5.56 Å². The monoisotopic (exact) mass is 348 g/mol. The summed E-state index contributed by atoms with van der Waals surface area (Å²) in [7, 11) is 1.61. The molecule has 1 atom stereocenters. The molecule has 0 saturated carbocycles. The van der Waals surface area contributed by atoms with Crippen LogP contribution in [0.25, 0.3) is 0 Å². The van der Waals surface area contributed by atoms with E-state index in [0.717, 1.165) is 10.2 Å². The van der Waals surface area contributed by atoms with E-state index < -0.39 is 6.10 Å². The highest BCUT2D eigenvalue weighted by Crippen LogP contribution is 2.30. The van der Waals surface area contributed by atoms with E-state index in [1.807, 2.05) is 31.2 Å². The molecular weight excluding hydrogens is 332 g/mol. The van der Waals surface area contributed by atoms with Crippen molar-refractivity contribution in [1.29, 1.82) is 0 Å². The van der Waals surface area contributed by atoms with Crippen molar-refractivity contribution in [3.8, 4) is 11.5 Å². The number of ether oxygens (including phenoxy) is 2. The van der Waals surface area contributed by atoms with Gasteiger partial charge in [-0.2, -0.15) is 0 Å². The first-order chi connectivity index (χ1) is 10.2. The molecule has 0 spiro atoms. The van der Waals surface area contributed by atoms with Crippen LogP contribution < -0.4 is 9.47 Å². The zero-order chi connectivity index (χ0) is 15.2. The quantitative estimate of drug-likeness (QED) is 0.721. The molecule has 0 aliphatic carbocycles. The van der Waals surface area contributed by atoms with Crippen molar-refractivity contribution < 1.29 is 14.3 Å². The summed E-state index contributed by atoms with van der Waals surface area (Å²) in [5.74, 6) is 1.35. The van der Waals surface area contributed by atoms with Crippen LogP contribution >= 0.6 is 15.9 Å². The van der Waals surface area contributed by atoms with Crippen LogP contribution in [0.1, 0.15) is 23.7 Å². The summed E-state index contributed by atoms with van der Waals surface area (Å²) in [6.45, 7) is 1.93. The molecule has 1 unspecified atom stereocenters. The minimum atomic E-state index is -0.503. The van der Waals surface area contributed by atoms with Gasteiger partial charge in [-0.3, -0.25) is 4.79 Å². The Morgan fingerprint density at radius 3 is 2.48 bits per heavy atom. The highest BCUT2D eigenvalue weighted by atomic mass is 79.9. The Hall–Kier alpha value is -1.81. The summed E-state index contributed by atoms with van der Waals surface area (Å²) in [6.07, 6.45) is 0.101. The smallest absolute Gasteiger partial charge is 0.203 e. The fraction of sp³-hybridized carbons (Fsp3) is 0.235. The van der Waals surface area contributed by atoms with E-state index in [9.17, 15) is 4.79 Å². The van der Waals surface area contributed by atoms with Crippen LogP contribution in [0.4, 0.5) is 0 Å². The Balaban J connectivity index is 2.18. The number of carbonyl (C=O) groups is 1. The number of Topliss-reactive ketones (excluding diaryl/α,β-unsaturated/α-hetero) is 1. The van der Waals surface area contributed by atoms with E-state index in [1.165, 1.54) is 0 Å². The number of methoxy groups -OCH3 is 1. The lowest BCUT2D eigenvalue weighted by Gasteiger charge is -2.18. The van der Waals surface area contributed by atoms with Crippen molar-refractivity contribution in [1.82, 2.24) is 0 Å². The predicted molar refractivity (Wildman–Crippen MR) is 86.2 cm³/mol. The topological polar surface area (TPSA) is 35.5 Å². The molecular formula is C17H17BrO3. The van der Waals surface area contributed by atoms with Crippen LogP contribution in [-0.4, -0.2) is 19.0 Å². The van der Waals surface area contributed by atoms with Crippen molar-refractivity contribution in [2.24, 2.45) is 0 Å². The van der Waals surface area contributed by atoms with Crippen LogP contribution in [-0.2, 0) is 0 Å². The fourth-order valence-electron chi connectivity index (χ4n) is 1.97. The lowest BCUT2D eigenvalue weighted by Crippen LogP contribution is -2.26. The normalized spacial score (nSPS) is 11.8. The molecule has 4 heteroatoms. The Morgan fingerprint density at radius 2 is 1.90 bits per heavy atom. The number of halogens is 1. The highest BCUT2D eigenvalue weighted by molar-refractivity contribution is 9.10. The third kappa shape index (κ3) is 3.85. The predicted octanol–water partition coefficient (Wildman–Crippen LogP) is 4.50. The molecule has 0 heterocycles. The number of rotatable bonds is 6. The Kier molecular flexibility index (Phi) is 5.39. The molecule has 110 valence electrons. The van der Waals surface area contributed by atoms with Crippen LogP contribution in [0.5, 0.6) is 11.5 Å².